The molecule has 0 aliphatic rings. The first-order valence-electron chi connectivity index (χ1n) is 12.6. The number of benzene rings is 1. The standard InChI is InChI=1S/C28H46Se2Si2/c1-9-11-13-15-19-29-27-23-26(18-22-32(6,7)8)28(30-20-16-14-12-10-2)24-25(27)17-21-31(3,4)5/h23-24H,9-16,19-20H2,1-8H3. The van der Waals surface area contributed by atoms with Gasteiger partial charge in [-0.2, -0.15) is 0 Å². The third-order valence-electron chi connectivity index (χ3n) is 4.74. The van der Waals surface area contributed by atoms with Crippen LogP contribution in [-0.2, 0) is 0 Å². The van der Waals surface area contributed by atoms with Crippen LogP contribution in [0.1, 0.15) is 76.3 Å². The second kappa shape index (κ2) is 15.7. The van der Waals surface area contributed by atoms with Crippen LogP contribution < -0.4 is 8.92 Å². The summed E-state index contributed by atoms with van der Waals surface area (Å²) in [6, 6.07) is 4.93. The maximum absolute atomic E-state index is 3.65. The van der Waals surface area contributed by atoms with E-state index >= 15 is 0 Å². The van der Waals surface area contributed by atoms with Crippen molar-refractivity contribution in [2.75, 3.05) is 0 Å². The van der Waals surface area contributed by atoms with Gasteiger partial charge in [-0.05, 0) is 0 Å². The fourth-order valence-corrected chi connectivity index (χ4v) is 8.29. The fraction of sp³-hybridized carbons (Fsp3) is 0.643. The molecule has 32 heavy (non-hydrogen) atoms. The van der Waals surface area contributed by atoms with Gasteiger partial charge in [-0.25, -0.2) is 0 Å². The van der Waals surface area contributed by atoms with Crippen LogP contribution in [0.4, 0.5) is 0 Å². The van der Waals surface area contributed by atoms with Crippen molar-refractivity contribution < 1.29 is 0 Å². The van der Waals surface area contributed by atoms with Gasteiger partial charge < -0.3 is 0 Å². The summed E-state index contributed by atoms with van der Waals surface area (Å²) in [5.74, 6) is 7.31. The molecule has 0 aliphatic heterocycles. The van der Waals surface area contributed by atoms with Gasteiger partial charge in [0.1, 0.15) is 0 Å². The van der Waals surface area contributed by atoms with Crippen LogP contribution in [0.25, 0.3) is 0 Å². The average molecular weight is 597 g/mol. The molecular weight excluding hydrogens is 550 g/mol. The van der Waals surface area contributed by atoms with E-state index in [1.54, 1.807) is 0 Å². The third kappa shape index (κ3) is 14.2. The van der Waals surface area contributed by atoms with Crippen LogP contribution in [0.3, 0.4) is 0 Å². The Bertz CT molecular complexity index is 739. The second-order valence-corrected chi connectivity index (χ2v) is 24.9. The minimum atomic E-state index is -1.39. The normalized spacial score (nSPS) is 11.5. The topological polar surface area (TPSA) is 0 Å². The molecule has 0 nitrogen and oxygen atoms in total. The summed E-state index contributed by atoms with van der Waals surface area (Å²) in [5, 5.41) is 2.66. The van der Waals surface area contributed by atoms with Crippen molar-refractivity contribution in [1.29, 1.82) is 0 Å². The van der Waals surface area contributed by atoms with Gasteiger partial charge in [0.15, 0.2) is 0 Å². The molecule has 0 heterocycles. The first kappa shape index (κ1) is 29.8. The molecule has 0 aromatic heterocycles. The maximum atomic E-state index is 3.65. The fourth-order valence-electron chi connectivity index (χ4n) is 2.93. The van der Waals surface area contributed by atoms with E-state index < -0.39 is 16.1 Å². The van der Waals surface area contributed by atoms with Gasteiger partial charge in [0.2, 0.25) is 0 Å². The molecule has 1 aromatic rings. The molecule has 0 spiro atoms. The Balaban J connectivity index is 3.26. The first-order valence-corrected chi connectivity index (χ1v) is 23.7. The predicted molar refractivity (Wildman–Crippen MR) is 156 cm³/mol. The molecule has 178 valence electrons. The Morgan fingerprint density at radius 1 is 0.594 bits per heavy atom. The van der Waals surface area contributed by atoms with E-state index in [1.807, 2.05) is 0 Å². The van der Waals surface area contributed by atoms with Crippen molar-refractivity contribution in [3.63, 3.8) is 0 Å². The molecule has 0 radical (unpaired) electrons. The first-order chi connectivity index (χ1) is 15.1. The molecule has 4 heteroatoms. The van der Waals surface area contributed by atoms with Gasteiger partial charge >= 0.3 is 216 Å². The summed E-state index contributed by atoms with van der Waals surface area (Å²) < 4.78 is 3.01. The molecular formula is C28H46Se2Si2. The van der Waals surface area contributed by atoms with Crippen LogP contribution in [0.2, 0.25) is 49.9 Å². The van der Waals surface area contributed by atoms with E-state index in [0.29, 0.717) is 29.9 Å². The molecule has 0 unspecified atom stereocenters. The average Bonchev–Trinajstić information content (AvgIpc) is 2.70. The number of hydrogen-bond acceptors (Lipinski definition) is 0. The zero-order valence-electron chi connectivity index (χ0n) is 22.0. The Kier molecular flexibility index (Phi) is 14.6. The zero-order chi connectivity index (χ0) is 24.0. The quantitative estimate of drug-likeness (QED) is 0.142. The third-order valence-corrected chi connectivity index (χ3v) is 11.3. The molecule has 1 aromatic carbocycles. The Hall–Kier alpha value is -0.187. The molecule has 0 atom stereocenters. The van der Waals surface area contributed by atoms with Gasteiger partial charge in [-0.15, -0.1) is 0 Å². The summed E-state index contributed by atoms with van der Waals surface area (Å²) >= 11 is 0.999. The Labute approximate surface area is 215 Å². The van der Waals surface area contributed by atoms with Crippen molar-refractivity contribution in [2.45, 2.75) is 115 Å². The van der Waals surface area contributed by atoms with Crippen LogP contribution >= 0.6 is 0 Å². The van der Waals surface area contributed by atoms with Crippen LogP contribution in [-0.4, -0.2) is 46.1 Å². The van der Waals surface area contributed by atoms with E-state index in [4.69, 9.17) is 0 Å². The van der Waals surface area contributed by atoms with Gasteiger partial charge in [0.25, 0.3) is 0 Å². The van der Waals surface area contributed by atoms with Crippen LogP contribution in [0.5, 0.6) is 0 Å². The number of hydrogen-bond donors (Lipinski definition) is 0. The number of unbranched alkanes of at least 4 members (excludes halogenated alkanes) is 6. The van der Waals surface area contributed by atoms with E-state index in [9.17, 15) is 0 Å². The van der Waals surface area contributed by atoms with Crippen molar-refractivity contribution in [1.82, 2.24) is 0 Å². The van der Waals surface area contributed by atoms with Crippen molar-refractivity contribution >= 4 is 55.0 Å². The molecule has 0 saturated carbocycles. The second-order valence-electron chi connectivity index (χ2n) is 10.7. The monoisotopic (exact) mass is 598 g/mol. The Morgan fingerprint density at radius 3 is 1.28 bits per heavy atom. The van der Waals surface area contributed by atoms with Crippen molar-refractivity contribution in [3.8, 4) is 22.9 Å². The summed E-state index contributed by atoms with van der Waals surface area (Å²) in [7, 11) is -2.79. The van der Waals surface area contributed by atoms with E-state index in [-0.39, 0.29) is 0 Å². The zero-order valence-corrected chi connectivity index (χ0v) is 27.5. The number of rotatable bonds is 12. The predicted octanol–water partition coefficient (Wildman–Crippen LogP) is 6.80. The molecule has 0 saturated heterocycles. The SMILES string of the molecule is CCCCCC[Se]c1cc(C#C[Si](C)(C)C)c([Se]CCCCCC)cc1C#C[Si](C)(C)C. The van der Waals surface area contributed by atoms with Crippen molar-refractivity contribution in [3.05, 3.63) is 23.3 Å². The summed E-state index contributed by atoms with van der Waals surface area (Å²) in [4.78, 5) is 0. The Morgan fingerprint density at radius 2 is 0.969 bits per heavy atom. The molecule has 0 fully saturated rings. The van der Waals surface area contributed by atoms with Gasteiger partial charge in [0, 0.05) is 0 Å². The van der Waals surface area contributed by atoms with Crippen molar-refractivity contribution in [2.24, 2.45) is 0 Å². The molecule has 0 N–H and O–H groups in total. The molecule has 0 bridgehead atoms. The van der Waals surface area contributed by atoms with Gasteiger partial charge in [0.05, 0.1) is 0 Å². The van der Waals surface area contributed by atoms with E-state index in [0.717, 1.165) is 0 Å². The molecule has 1 rings (SSSR count). The summed E-state index contributed by atoms with van der Waals surface area (Å²) in [5.41, 5.74) is 9.96. The summed E-state index contributed by atoms with van der Waals surface area (Å²) in [6.45, 7) is 18.7. The van der Waals surface area contributed by atoms with E-state index in [2.05, 4.69) is 88.2 Å². The molecule has 0 aliphatic carbocycles. The minimum absolute atomic E-state index is 0.499. The van der Waals surface area contributed by atoms with Crippen LogP contribution in [0.15, 0.2) is 12.1 Å². The molecule has 0 amide bonds. The van der Waals surface area contributed by atoms with E-state index in [1.165, 1.54) is 82.1 Å². The van der Waals surface area contributed by atoms with Gasteiger partial charge in [-0.1, -0.05) is 0 Å². The van der Waals surface area contributed by atoms with Gasteiger partial charge in [-0.3, -0.25) is 0 Å². The summed E-state index contributed by atoms with van der Waals surface area (Å²) in [6.07, 6.45) is 10.8. The van der Waals surface area contributed by atoms with Crippen LogP contribution in [0, 0.1) is 22.9 Å².